The van der Waals surface area contributed by atoms with E-state index in [1.807, 2.05) is 0 Å². The highest BCUT2D eigenvalue weighted by atomic mass is 16.2. The molecule has 2 amide bonds. The van der Waals surface area contributed by atoms with Crippen LogP contribution in [0.4, 0.5) is 5.69 Å². The lowest BCUT2D eigenvalue weighted by Crippen LogP contribution is -2.26. The number of hydrogen-bond donors (Lipinski definition) is 2. The third-order valence-corrected chi connectivity index (χ3v) is 3.21. The van der Waals surface area contributed by atoms with Crippen LogP contribution < -0.4 is 16.0 Å². The van der Waals surface area contributed by atoms with Gasteiger partial charge in [-0.2, -0.15) is 0 Å². The molecule has 1 fully saturated rings. The normalized spacial score (nSPS) is 19.1. The third kappa shape index (κ3) is 2.36. The molecule has 1 atom stereocenters. The van der Waals surface area contributed by atoms with Gasteiger partial charge in [-0.25, -0.2) is 0 Å². The number of nitrogens with zero attached hydrogens (tertiary/aromatic N) is 1. The molecule has 1 aliphatic heterocycles. The molecule has 0 aliphatic carbocycles. The largest absolute Gasteiger partial charge is 0.355 e. The lowest BCUT2D eigenvalue weighted by atomic mass is 10.1. The highest BCUT2D eigenvalue weighted by Gasteiger charge is 2.29. The van der Waals surface area contributed by atoms with Crippen molar-refractivity contribution in [1.82, 2.24) is 5.32 Å². The molecular weight excluding hydrogens is 230 g/mol. The molecular formula is C13H17N3O2. The summed E-state index contributed by atoms with van der Waals surface area (Å²) in [6.07, 6.45) is 0.508. The van der Waals surface area contributed by atoms with Crippen molar-refractivity contribution >= 4 is 17.5 Å². The van der Waals surface area contributed by atoms with E-state index in [4.69, 9.17) is 5.73 Å². The second-order valence-corrected chi connectivity index (χ2v) is 4.44. The molecule has 1 unspecified atom stereocenters. The van der Waals surface area contributed by atoms with Gasteiger partial charge in [-0.05, 0) is 36.7 Å². The van der Waals surface area contributed by atoms with Crippen LogP contribution in [0, 0.1) is 5.92 Å². The molecule has 96 valence electrons. The SMILES string of the molecule is CNC(=O)c1ccc(N2CC(CN)CC2=O)cc1. The Balaban J connectivity index is 2.15. The number of carbonyl (C=O) groups is 2. The van der Waals surface area contributed by atoms with Crippen LogP contribution in [0.15, 0.2) is 24.3 Å². The first kappa shape index (κ1) is 12.6. The lowest BCUT2D eigenvalue weighted by Gasteiger charge is -2.16. The minimum atomic E-state index is -0.130. The zero-order valence-corrected chi connectivity index (χ0v) is 10.3. The van der Waals surface area contributed by atoms with E-state index in [9.17, 15) is 9.59 Å². The first-order valence-corrected chi connectivity index (χ1v) is 5.98. The number of benzene rings is 1. The predicted molar refractivity (Wildman–Crippen MR) is 69.3 cm³/mol. The summed E-state index contributed by atoms with van der Waals surface area (Å²) >= 11 is 0. The monoisotopic (exact) mass is 247 g/mol. The van der Waals surface area contributed by atoms with E-state index >= 15 is 0 Å². The van der Waals surface area contributed by atoms with E-state index in [-0.39, 0.29) is 17.7 Å². The van der Waals surface area contributed by atoms with Gasteiger partial charge < -0.3 is 16.0 Å². The van der Waals surface area contributed by atoms with E-state index in [0.717, 1.165) is 5.69 Å². The van der Waals surface area contributed by atoms with Crippen molar-refractivity contribution in [2.75, 3.05) is 25.0 Å². The van der Waals surface area contributed by atoms with Gasteiger partial charge in [-0.1, -0.05) is 0 Å². The molecule has 0 radical (unpaired) electrons. The maximum absolute atomic E-state index is 11.8. The van der Waals surface area contributed by atoms with Gasteiger partial charge in [0.05, 0.1) is 0 Å². The fourth-order valence-electron chi connectivity index (χ4n) is 2.13. The van der Waals surface area contributed by atoms with Crippen molar-refractivity contribution in [3.05, 3.63) is 29.8 Å². The average Bonchev–Trinajstić information content (AvgIpc) is 2.79. The number of carbonyl (C=O) groups excluding carboxylic acids is 2. The summed E-state index contributed by atoms with van der Waals surface area (Å²) in [7, 11) is 1.59. The Morgan fingerprint density at radius 3 is 2.61 bits per heavy atom. The summed E-state index contributed by atoms with van der Waals surface area (Å²) in [6, 6.07) is 7.02. The van der Waals surface area contributed by atoms with Crippen LogP contribution in [0.1, 0.15) is 16.8 Å². The van der Waals surface area contributed by atoms with E-state index in [1.165, 1.54) is 0 Å². The van der Waals surface area contributed by atoms with Crippen LogP contribution in [-0.4, -0.2) is 32.0 Å². The quantitative estimate of drug-likeness (QED) is 0.809. The van der Waals surface area contributed by atoms with Gasteiger partial charge >= 0.3 is 0 Å². The smallest absolute Gasteiger partial charge is 0.251 e. The van der Waals surface area contributed by atoms with Crippen molar-refractivity contribution in [3.63, 3.8) is 0 Å². The second-order valence-electron chi connectivity index (χ2n) is 4.44. The van der Waals surface area contributed by atoms with Crippen molar-refractivity contribution < 1.29 is 9.59 Å². The van der Waals surface area contributed by atoms with E-state index in [2.05, 4.69) is 5.32 Å². The van der Waals surface area contributed by atoms with Crippen molar-refractivity contribution in [2.45, 2.75) is 6.42 Å². The molecule has 1 aromatic rings. The Morgan fingerprint density at radius 2 is 2.11 bits per heavy atom. The maximum Gasteiger partial charge on any atom is 0.251 e. The summed E-state index contributed by atoms with van der Waals surface area (Å²) in [5.74, 6) is 0.198. The standard InChI is InChI=1S/C13H17N3O2/c1-15-13(18)10-2-4-11(5-3-10)16-8-9(7-14)6-12(16)17/h2-5,9H,6-8,14H2,1H3,(H,15,18). The van der Waals surface area contributed by atoms with Gasteiger partial charge in [-0.15, -0.1) is 0 Å². The second kappa shape index (κ2) is 5.18. The molecule has 2 rings (SSSR count). The van der Waals surface area contributed by atoms with Crippen LogP contribution >= 0.6 is 0 Å². The molecule has 5 nitrogen and oxygen atoms in total. The lowest BCUT2D eigenvalue weighted by molar-refractivity contribution is -0.117. The zero-order chi connectivity index (χ0) is 13.1. The molecule has 0 spiro atoms. The average molecular weight is 247 g/mol. The van der Waals surface area contributed by atoms with Crippen LogP contribution in [0.5, 0.6) is 0 Å². The van der Waals surface area contributed by atoms with Crippen molar-refractivity contribution in [1.29, 1.82) is 0 Å². The molecule has 1 aliphatic rings. The minimum Gasteiger partial charge on any atom is -0.355 e. The minimum absolute atomic E-state index is 0.0955. The number of hydrogen-bond acceptors (Lipinski definition) is 3. The third-order valence-electron chi connectivity index (χ3n) is 3.21. The summed E-state index contributed by atoms with van der Waals surface area (Å²) in [4.78, 5) is 24.9. The number of nitrogens with two attached hydrogens (primary N) is 1. The van der Waals surface area contributed by atoms with Gasteiger partial charge in [0.1, 0.15) is 0 Å². The molecule has 1 aromatic carbocycles. The van der Waals surface area contributed by atoms with Gasteiger partial charge in [0.15, 0.2) is 0 Å². The summed E-state index contributed by atoms with van der Waals surface area (Å²) in [5, 5.41) is 2.56. The van der Waals surface area contributed by atoms with Gasteiger partial charge in [0.2, 0.25) is 5.91 Å². The maximum atomic E-state index is 11.8. The molecule has 0 bridgehead atoms. The van der Waals surface area contributed by atoms with Crippen LogP contribution in [0.25, 0.3) is 0 Å². The first-order chi connectivity index (χ1) is 8.65. The topological polar surface area (TPSA) is 75.4 Å². The molecule has 0 aromatic heterocycles. The van der Waals surface area contributed by atoms with Crippen LogP contribution in [-0.2, 0) is 4.79 Å². The summed E-state index contributed by atoms with van der Waals surface area (Å²) in [6.45, 7) is 1.19. The summed E-state index contributed by atoms with van der Waals surface area (Å²) in [5.41, 5.74) is 7.00. The number of amides is 2. The summed E-state index contributed by atoms with van der Waals surface area (Å²) < 4.78 is 0. The highest BCUT2D eigenvalue weighted by Crippen LogP contribution is 2.24. The molecule has 18 heavy (non-hydrogen) atoms. The first-order valence-electron chi connectivity index (χ1n) is 5.98. The molecule has 1 heterocycles. The molecule has 1 saturated heterocycles. The molecule has 3 N–H and O–H groups in total. The van der Waals surface area contributed by atoms with Crippen molar-refractivity contribution in [3.8, 4) is 0 Å². The Hall–Kier alpha value is -1.88. The fraction of sp³-hybridized carbons (Fsp3) is 0.385. The van der Waals surface area contributed by atoms with Crippen LogP contribution in [0.2, 0.25) is 0 Å². The van der Waals surface area contributed by atoms with E-state index in [1.54, 1.807) is 36.2 Å². The van der Waals surface area contributed by atoms with Gasteiger partial charge in [0.25, 0.3) is 5.91 Å². The molecule has 5 heteroatoms. The van der Waals surface area contributed by atoms with Crippen molar-refractivity contribution in [2.24, 2.45) is 11.7 Å². The number of nitrogens with one attached hydrogen (secondary N) is 1. The van der Waals surface area contributed by atoms with Gasteiger partial charge in [-0.3, -0.25) is 9.59 Å². The van der Waals surface area contributed by atoms with E-state index in [0.29, 0.717) is 25.1 Å². The highest BCUT2D eigenvalue weighted by molar-refractivity contribution is 5.97. The Bertz CT molecular complexity index is 456. The Labute approximate surface area is 106 Å². The van der Waals surface area contributed by atoms with Gasteiger partial charge in [0, 0.05) is 31.3 Å². The van der Waals surface area contributed by atoms with Crippen LogP contribution in [0.3, 0.4) is 0 Å². The molecule has 0 saturated carbocycles. The predicted octanol–water partition coefficient (Wildman–Crippen LogP) is 0.358. The van der Waals surface area contributed by atoms with E-state index < -0.39 is 0 Å². The Kier molecular flexibility index (Phi) is 3.62. The number of rotatable bonds is 3. The Morgan fingerprint density at radius 1 is 1.44 bits per heavy atom. The number of anilines is 1. The fourth-order valence-corrected chi connectivity index (χ4v) is 2.13. The zero-order valence-electron chi connectivity index (χ0n) is 10.3.